The van der Waals surface area contributed by atoms with E-state index in [9.17, 15) is 28.8 Å². The van der Waals surface area contributed by atoms with Gasteiger partial charge in [-0.2, -0.15) is 9.98 Å². The zero-order valence-corrected chi connectivity index (χ0v) is 57.7. The number of isocyanates is 2. The van der Waals surface area contributed by atoms with E-state index in [1.165, 1.54) is 39.7 Å². The number of aromatic amines is 5. The Labute approximate surface area is 611 Å². The second kappa shape index (κ2) is 46.6. The number of halogens is 1. The summed E-state index contributed by atoms with van der Waals surface area (Å²) in [4.78, 5) is 86.3. The van der Waals surface area contributed by atoms with E-state index in [-0.39, 0.29) is 53.2 Å². The van der Waals surface area contributed by atoms with Crippen molar-refractivity contribution in [1.29, 1.82) is 0 Å². The number of methoxy groups -OCH3 is 3. The first-order valence-electron chi connectivity index (χ1n) is 30.5. The summed E-state index contributed by atoms with van der Waals surface area (Å²) >= 11 is 3.17. The summed E-state index contributed by atoms with van der Waals surface area (Å²) in [7, 11) is 1.68. The van der Waals surface area contributed by atoms with Crippen LogP contribution in [-0.4, -0.2) is 124 Å². The van der Waals surface area contributed by atoms with Gasteiger partial charge in [-0.3, -0.25) is 0 Å². The number of carboxylic acids is 1. The van der Waals surface area contributed by atoms with Crippen LogP contribution in [-0.2, 0) is 35.3 Å². The number of carbonyl (C=O) groups is 4. The zero-order valence-electron chi connectivity index (χ0n) is 55.1. The molecule has 12 aromatic rings. The summed E-state index contributed by atoms with van der Waals surface area (Å²) in [5, 5.41) is 25.9. The molecule has 8 N–H and O–H groups in total. The fraction of sp³-hybridized carbons (Fsp3) is 0.165. The van der Waals surface area contributed by atoms with Crippen LogP contribution in [0.4, 0.5) is 11.4 Å². The SMILES string of the molecule is C.C.C.C.COC(=O)c1c[nH]c(-c2ccccc2)c1.COC(=O)c1c[nH]c(Br)c1.COC(=O)c1cc(-c2ccccc2)n(COCC[Si](C)(C)C)c1.O=C(O)c1c[nH]c(-c2ccccc2)c1.O=C=Nc1c[nH]c(-c2ccccc2)c1.O=C=Nc1c[nH]c(-c2ccccc2)c1.OB(O)c1ccccc1. The Bertz CT molecular complexity index is 4290. The highest BCUT2D eigenvalue weighted by Crippen LogP contribution is 2.26. The minimum Gasteiger partial charge on any atom is -0.478 e. The van der Waals surface area contributed by atoms with E-state index in [0.717, 1.165) is 73.5 Å². The number of hydrogen-bond acceptors (Lipinski definition) is 14. The van der Waals surface area contributed by atoms with Crippen molar-refractivity contribution in [3.63, 3.8) is 0 Å². The number of esters is 3. The van der Waals surface area contributed by atoms with Gasteiger partial charge >= 0.3 is 31.0 Å². The van der Waals surface area contributed by atoms with Crippen LogP contribution >= 0.6 is 15.9 Å². The maximum atomic E-state index is 11.8. The predicted molar refractivity (Wildman–Crippen MR) is 417 cm³/mol. The molecule has 6 aromatic heterocycles. The number of ether oxygens (including phenoxy) is 4. The topological polar surface area (TPSA) is 309 Å². The van der Waals surface area contributed by atoms with Gasteiger partial charge < -0.3 is 63.6 Å². The van der Waals surface area contributed by atoms with Gasteiger partial charge in [0.1, 0.15) is 6.73 Å². The van der Waals surface area contributed by atoms with Crippen LogP contribution in [0.15, 0.2) is 270 Å². The van der Waals surface area contributed by atoms with Gasteiger partial charge in [0, 0.05) is 74.6 Å². The lowest BCUT2D eigenvalue weighted by molar-refractivity contribution is 0.0590. The third-order valence-corrected chi connectivity index (χ3v) is 16.0. The van der Waals surface area contributed by atoms with Crippen molar-refractivity contribution in [3.05, 3.63) is 282 Å². The molecule has 538 valence electrons. The molecule has 0 aliphatic carbocycles. The fourth-order valence-electron chi connectivity index (χ4n) is 8.75. The lowest BCUT2D eigenvalue weighted by Crippen LogP contribution is -2.29. The van der Waals surface area contributed by atoms with Crippen molar-refractivity contribution in [1.82, 2.24) is 29.5 Å². The summed E-state index contributed by atoms with van der Waals surface area (Å²) in [5.41, 5.74) is 13.4. The molecule has 12 rings (SSSR count). The molecule has 0 saturated carbocycles. The lowest BCUT2D eigenvalue weighted by Gasteiger charge is -2.16. The van der Waals surface area contributed by atoms with Crippen LogP contribution < -0.4 is 5.46 Å². The van der Waals surface area contributed by atoms with Gasteiger partial charge in [-0.15, -0.1) is 0 Å². The van der Waals surface area contributed by atoms with Gasteiger partial charge in [0.25, 0.3) is 0 Å². The molecule has 0 atom stereocenters. The van der Waals surface area contributed by atoms with E-state index in [1.807, 2.05) is 168 Å². The molecule has 21 nitrogen and oxygen atoms in total. The lowest BCUT2D eigenvalue weighted by atomic mass is 9.81. The number of nitrogens with zero attached hydrogens (tertiary/aromatic N) is 3. The molecule has 6 heterocycles. The van der Waals surface area contributed by atoms with E-state index in [4.69, 9.17) is 24.6 Å². The van der Waals surface area contributed by atoms with Crippen LogP contribution in [0, 0.1) is 0 Å². The number of nitrogens with one attached hydrogen (secondary N) is 5. The van der Waals surface area contributed by atoms with E-state index in [1.54, 1.807) is 85.6 Å². The van der Waals surface area contributed by atoms with Crippen LogP contribution in [0.2, 0.25) is 25.7 Å². The normalized spacial score (nSPS) is 9.64. The third kappa shape index (κ3) is 29.9. The van der Waals surface area contributed by atoms with Gasteiger partial charge in [-0.1, -0.05) is 231 Å². The van der Waals surface area contributed by atoms with Gasteiger partial charge in [0.05, 0.1) is 65.3 Å². The molecule has 6 aromatic carbocycles. The molecule has 0 radical (unpaired) electrons. The number of hydrogen-bond donors (Lipinski definition) is 8. The maximum Gasteiger partial charge on any atom is 0.488 e. The van der Waals surface area contributed by atoms with Crippen LogP contribution in [0.3, 0.4) is 0 Å². The number of aromatic carboxylic acids is 1. The average molecular weight is 1480 g/mol. The van der Waals surface area contributed by atoms with Crippen molar-refractivity contribution in [2.45, 2.75) is 62.1 Å². The summed E-state index contributed by atoms with van der Waals surface area (Å²) in [6.07, 6.45) is 12.9. The quantitative estimate of drug-likeness (QED) is 0.0105. The third-order valence-electron chi connectivity index (χ3n) is 13.8. The molecule has 0 saturated heterocycles. The second-order valence-electron chi connectivity index (χ2n) is 22.1. The Balaban J connectivity index is 0.000000413. The largest absolute Gasteiger partial charge is 0.488 e. The van der Waals surface area contributed by atoms with Gasteiger partial charge in [-0.05, 0) is 91.7 Å². The molecular formula is C79H90BBrN8O13Si. The minimum absolute atomic E-state index is 0. The van der Waals surface area contributed by atoms with Crippen molar-refractivity contribution < 1.29 is 62.9 Å². The number of benzene rings is 6. The number of carboxylic acid groups (broad SMARTS) is 1. The first kappa shape index (κ1) is 87.4. The monoisotopic (exact) mass is 1480 g/mol. The van der Waals surface area contributed by atoms with Crippen molar-refractivity contribution >= 4 is 84.0 Å². The van der Waals surface area contributed by atoms with Crippen LogP contribution in [0.1, 0.15) is 71.1 Å². The van der Waals surface area contributed by atoms with Gasteiger partial charge in [0.2, 0.25) is 12.2 Å². The van der Waals surface area contributed by atoms with Crippen molar-refractivity contribution in [2.75, 3.05) is 27.9 Å². The molecule has 0 bridgehead atoms. The summed E-state index contributed by atoms with van der Waals surface area (Å²) in [6, 6.07) is 69.4. The van der Waals surface area contributed by atoms with Crippen molar-refractivity contribution in [2.24, 2.45) is 9.98 Å². The minimum atomic E-state index is -1.34. The Morgan fingerprint density at radius 2 is 0.806 bits per heavy atom. The summed E-state index contributed by atoms with van der Waals surface area (Å²) in [6.45, 7) is 8.17. The van der Waals surface area contributed by atoms with Gasteiger partial charge in [-0.25, -0.2) is 28.8 Å². The summed E-state index contributed by atoms with van der Waals surface area (Å²) < 4.78 is 22.5. The van der Waals surface area contributed by atoms with E-state index < -0.39 is 21.2 Å². The number of H-pyrrole nitrogens is 5. The highest BCUT2D eigenvalue weighted by molar-refractivity contribution is 9.10. The maximum absolute atomic E-state index is 11.8. The summed E-state index contributed by atoms with van der Waals surface area (Å²) in [5.74, 6) is -1.90. The Morgan fingerprint density at radius 3 is 1.15 bits per heavy atom. The van der Waals surface area contributed by atoms with Gasteiger partial charge in [0.15, 0.2) is 0 Å². The second-order valence-corrected chi connectivity index (χ2v) is 28.6. The number of rotatable bonds is 17. The molecule has 0 fully saturated rings. The zero-order chi connectivity index (χ0) is 71.4. The molecule has 0 amide bonds. The van der Waals surface area contributed by atoms with Crippen molar-refractivity contribution in [3.8, 4) is 56.3 Å². The molecule has 0 aliphatic rings. The fourth-order valence-corrected chi connectivity index (χ4v) is 9.87. The molecular weight excluding hydrogens is 1390 g/mol. The van der Waals surface area contributed by atoms with E-state index in [2.05, 4.69) is 79.9 Å². The predicted octanol–water partition coefficient (Wildman–Crippen LogP) is 17.9. The Kier molecular flexibility index (Phi) is 39.5. The highest BCUT2D eigenvalue weighted by Gasteiger charge is 2.17. The number of aliphatic imine (C=N–C) groups is 2. The average Bonchev–Trinajstić information content (AvgIpc) is 1.70. The van der Waals surface area contributed by atoms with E-state index in [0.29, 0.717) is 40.3 Å². The van der Waals surface area contributed by atoms with E-state index >= 15 is 0 Å². The first-order valence-corrected chi connectivity index (χ1v) is 35.0. The smallest absolute Gasteiger partial charge is 0.478 e. The number of carbonyl (C=O) groups excluding carboxylic acids is 5. The molecule has 0 unspecified atom stereocenters. The Morgan fingerprint density at radius 1 is 0.466 bits per heavy atom. The number of aromatic nitrogens is 6. The molecule has 103 heavy (non-hydrogen) atoms. The highest BCUT2D eigenvalue weighted by atomic mass is 79.9. The first-order chi connectivity index (χ1) is 47.8. The van der Waals surface area contributed by atoms with Crippen LogP contribution in [0.25, 0.3) is 56.3 Å². The molecule has 0 spiro atoms. The standard InChI is InChI=1S/C18H25NO3Si.C12H11NO2.2C11H8N2O.C11H9NO2.C6H7BO2.C6H6BrNO2.4CH4/c1-21-18(20)16-12-17(15-8-6-5-7-9-15)19(13-16)14-22-10-11-23(2,3)4;1-15-12(14)10-7-11(13-8-10)9-5-3-2-4-6-9;2*14-8-13-10-6-11(12-7-10)9-4-2-1-3-5-9;13-11(14)9-6-10(12-7-9)8-4-2-1-3-5-8;8-7(9)6-4-2-1-3-5-6;1-10-6(9)4-2-5(7)8-3-4;;;;/h5-9,12-13H,10-11,14H2,1-4H3;2-8,13H,1H3;2*1-7,12H;1-7,12H,(H,13,14);1-5,8-9H;2-3,8H,1H3;4*1H4. The molecule has 0 aliphatic heterocycles. The Hall–Kier alpha value is -11.7. The van der Waals surface area contributed by atoms with Crippen LogP contribution in [0.5, 0.6) is 0 Å². The molecule has 24 heteroatoms.